The van der Waals surface area contributed by atoms with Crippen molar-refractivity contribution in [2.24, 2.45) is 0 Å². The maximum absolute atomic E-state index is 3.96. The van der Waals surface area contributed by atoms with Gasteiger partial charge in [0.1, 0.15) is 0 Å². The zero-order chi connectivity index (χ0) is 16.3. The number of nitrogens with one attached hydrogen (secondary N) is 1. The lowest BCUT2D eigenvalue weighted by Gasteiger charge is -2.05. The minimum atomic E-state index is 0.914. The molecule has 0 aliphatic carbocycles. The molecule has 0 spiro atoms. The minimum Gasteiger partial charge on any atom is -0.359 e. The van der Waals surface area contributed by atoms with E-state index in [1.807, 2.05) is 52.8 Å². The summed E-state index contributed by atoms with van der Waals surface area (Å²) in [4.78, 5) is 0. The maximum Gasteiger partial charge on any atom is 0.0418 e. The predicted molar refractivity (Wildman–Crippen MR) is 98.6 cm³/mol. The van der Waals surface area contributed by atoms with Gasteiger partial charge < -0.3 is 5.32 Å². The molecular formula is C20H29N. The normalized spacial score (nSPS) is 12.6. The van der Waals surface area contributed by atoms with Gasteiger partial charge in [-0.1, -0.05) is 71.2 Å². The third-order valence-corrected chi connectivity index (χ3v) is 2.84. The zero-order valence-corrected chi connectivity index (χ0v) is 14.2. The van der Waals surface area contributed by atoms with Crippen molar-refractivity contribution in [3.8, 4) is 0 Å². The summed E-state index contributed by atoms with van der Waals surface area (Å²) in [5.41, 5.74) is 5.89. The van der Waals surface area contributed by atoms with Gasteiger partial charge in [-0.05, 0) is 35.8 Å². The molecule has 0 fully saturated rings. The maximum atomic E-state index is 3.96. The van der Waals surface area contributed by atoms with Crippen LogP contribution in [-0.4, -0.2) is 0 Å². The summed E-state index contributed by atoms with van der Waals surface area (Å²) in [7, 11) is 0. The lowest BCUT2D eigenvalue weighted by molar-refractivity contribution is 1.26. The second-order valence-electron chi connectivity index (χ2n) is 4.13. The van der Waals surface area contributed by atoms with Gasteiger partial charge >= 0.3 is 0 Å². The number of fused-ring (bicyclic) bond motifs is 1. The molecule has 0 atom stereocenters. The van der Waals surface area contributed by atoms with Crippen LogP contribution in [0.3, 0.4) is 0 Å². The average Bonchev–Trinajstić information content (AvgIpc) is 2.91. The number of benzene rings is 1. The third-order valence-electron chi connectivity index (χ3n) is 2.84. The van der Waals surface area contributed by atoms with Crippen molar-refractivity contribution in [3.05, 3.63) is 72.5 Å². The van der Waals surface area contributed by atoms with Gasteiger partial charge in [0.05, 0.1) is 0 Å². The number of rotatable bonds is 3. The molecule has 0 aromatic heterocycles. The highest BCUT2D eigenvalue weighted by atomic mass is 14.9. The molecule has 21 heavy (non-hydrogen) atoms. The third kappa shape index (κ3) is 5.47. The van der Waals surface area contributed by atoms with E-state index in [0.29, 0.717) is 0 Å². The van der Waals surface area contributed by atoms with Gasteiger partial charge in [0.2, 0.25) is 0 Å². The van der Waals surface area contributed by atoms with Crippen molar-refractivity contribution < 1.29 is 0 Å². The predicted octanol–water partition coefficient (Wildman–Crippen LogP) is 6.37. The molecule has 1 aromatic carbocycles. The van der Waals surface area contributed by atoms with Crippen LogP contribution in [0, 0.1) is 0 Å². The fourth-order valence-electron chi connectivity index (χ4n) is 1.99. The second-order valence-corrected chi connectivity index (χ2v) is 4.13. The number of anilines is 1. The first kappa shape index (κ1) is 19.0. The van der Waals surface area contributed by atoms with E-state index in [1.54, 1.807) is 0 Å². The molecule has 0 radical (unpaired) electrons. The molecule has 1 aromatic rings. The first-order chi connectivity index (χ1) is 10.2. The molecule has 1 nitrogen and oxygen atoms in total. The van der Waals surface area contributed by atoms with Crippen LogP contribution in [0.1, 0.15) is 45.7 Å². The lowest BCUT2D eigenvalue weighted by atomic mass is 10.0. The van der Waals surface area contributed by atoms with Gasteiger partial charge in [-0.2, -0.15) is 0 Å². The minimum absolute atomic E-state index is 0.914. The summed E-state index contributed by atoms with van der Waals surface area (Å²) < 4.78 is 0. The van der Waals surface area contributed by atoms with Crippen LogP contribution in [0.25, 0.3) is 5.57 Å². The van der Waals surface area contributed by atoms with Crippen LogP contribution in [0.4, 0.5) is 5.69 Å². The van der Waals surface area contributed by atoms with E-state index in [4.69, 9.17) is 0 Å². The van der Waals surface area contributed by atoms with Gasteiger partial charge in [-0.3, -0.25) is 0 Å². The van der Waals surface area contributed by atoms with E-state index in [-0.39, 0.29) is 0 Å². The van der Waals surface area contributed by atoms with E-state index in [1.165, 1.54) is 16.8 Å². The highest BCUT2D eigenvalue weighted by Gasteiger charge is 2.13. The van der Waals surface area contributed by atoms with Crippen molar-refractivity contribution >= 4 is 11.3 Å². The first-order valence-electron chi connectivity index (χ1n) is 7.78. The largest absolute Gasteiger partial charge is 0.359 e. The van der Waals surface area contributed by atoms with Crippen LogP contribution < -0.4 is 5.32 Å². The Labute approximate surface area is 130 Å². The average molecular weight is 283 g/mol. The molecule has 1 heterocycles. The standard InChI is InChI=1S/C16H17N.2C2H6/c1-4-6-7-13(5-2)14-8-9-16-15(11-14)10-12(3)17-16;2*1-2/h4-9,11,17H,2-3,10H2,1H3;2*1-2H3/b6-4-,13-7+;;. The molecular weight excluding hydrogens is 254 g/mol. The summed E-state index contributed by atoms with van der Waals surface area (Å²) in [5.74, 6) is 0. The van der Waals surface area contributed by atoms with E-state index < -0.39 is 0 Å². The molecule has 0 bridgehead atoms. The Morgan fingerprint density at radius 2 is 1.86 bits per heavy atom. The Balaban J connectivity index is 0.000000921. The zero-order valence-electron chi connectivity index (χ0n) is 14.2. The van der Waals surface area contributed by atoms with Crippen LogP contribution in [0.5, 0.6) is 0 Å². The molecule has 2 rings (SSSR count). The van der Waals surface area contributed by atoms with Crippen molar-refractivity contribution in [3.63, 3.8) is 0 Å². The van der Waals surface area contributed by atoms with E-state index in [9.17, 15) is 0 Å². The Kier molecular flexibility index (Phi) is 9.70. The van der Waals surface area contributed by atoms with Crippen LogP contribution in [0.15, 0.2) is 61.4 Å². The summed E-state index contributed by atoms with van der Waals surface area (Å²) in [6.45, 7) is 17.8. The lowest BCUT2D eigenvalue weighted by Crippen LogP contribution is -1.87. The van der Waals surface area contributed by atoms with Crippen LogP contribution >= 0.6 is 0 Å². The smallest absolute Gasteiger partial charge is 0.0418 e. The van der Waals surface area contributed by atoms with Gasteiger partial charge in [0.15, 0.2) is 0 Å². The van der Waals surface area contributed by atoms with Crippen LogP contribution in [-0.2, 0) is 6.42 Å². The molecule has 0 saturated heterocycles. The fourth-order valence-corrected chi connectivity index (χ4v) is 1.99. The molecule has 0 saturated carbocycles. The van der Waals surface area contributed by atoms with E-state index in [2.05, 4.69) is 42.7 Å². The molecule has 1 N–H and O–H groups in total. The van der Waals surface area contributed by atoms with Crippen molar-refractivity contribution in [1.82, 2.24) is 0 Å². The van der Waals surface area contributed by atoms with Crippen molar-refractivity contribution in [2.45, 2.75) is 41.0 Å². The quantitative estimate of drug-likeness (QED) is 0.636. The summed E-state index contributed by atoms with van der Waals surface area (Å²) in [5, 5.41) is 3.27. The highest BCUT2D eigenvalue weighted by Crippen LogP contribution is 2.30. The van der Waals surface area contributed by atoms with E-state index in [0.717, 1.165) is 17.7 Å². The number of allylic oxidation sites excluding steroid dienone is 6. The number of hydrogen-bond donors (Lipinski definition) is 1. The number of hydrogen-bond acceptors (Lipinski definition) is 1. The van der Waals surface area contributed by atoms with Gasteiger partial charge in [0.25, 0.3) is 0 Å². The molecule has 0 unspecified atom stereocenters. The Morgan fingerprint density at radius 1 is 1.19 bits per heavy atom. The Hall–Kier alpha value is -2.02. The molecule has 0 amide bonds. The summed E-state index contributed by atoms with van der Waals surface area (Å²) in [6.07, 6.45) is 8.92. The van der Waals surface area contributed by atoms with Crippen molar-refractivity contribution in [2.75, 3.05) is 5.32 Å². The highest BCUT2D eigenvalue weighted by molar-refractivity contribution is 5.77. The van der Waals surface area contributed by atoms with Crippen LogP contribution in [0.2, 0.25) is 0 Å². The molecule has 114 valence electrons. The van der Waals surface area contributed by atoms with Gasteiger partial charge in [0, 0.05) is 17.8 Å². The summed E-state index contributed by atoms with van der Waals surface area (Å²) >= 11 is 0. The van der Waals surface area contributed by atoms with Crippen molar-refractivity contribution in [1.29, 1.82) is 0 Å². The topological polar surface area (TPSA) is 12.0 Å². The fraction of sp³-hybridized carbons (Fsp3) is 0.300. The molecule has 1 heteroatoms. The van der Waals surface area contributed by atoms with Gasteiger partial charge in [-0.15, -0.1) is 0 Å². The first-order valence-corrected chi connectivity index (χ1v) is 7.78. The SMILES string of the molecule is C=C/C(=C\C=C/C)c1ccc2c(c1)CC(=C)N2.CC.CC. The molecule has 1 aliphatic rings. The Morgan fingerprint density at radius 3 is 2.43 bits per heavy atom. The second kappa shape index (κ2) is 10.7. The molecule has 1 aliphatic heterocycles. The van der Waals surface area contributed by atoms with E-state index >= 15 is 0 Å². The monoisotopic (exact) mass is 283 g/mol. The van der Waals surface area contributed by atoms with Gasteiger partial charge in [-0.25, -0.2) is 0 Å². The summed E-state index contributed by atoms with van der Waals surface area (Å²) in [6, 6.07) is 6.43. The Bertz CT molecular complexity index is 519.